The number of hydrogen-bond acceptors (Lipinski definition) is 5. The molecule has 3 amide bonds. The summed E-state index contributed by atoms with van der Waals surface area (Å²) in [6.07, 6.45) is 4.77. The molecular weight excluding hydrogens is 384 g/mol. The maximum Gasteiger partial charge on any atom is 0.329 e. The number of allylic oxidation sites excluding steroid dienone is 2. The number of ether oxygens (including phenoxy) is 1. The van der Waals surface area contributed by atoms with Gasteiger partial charge in [0.05, 0.1) is 11.8 Å². The van der Waals surface area contributed by atoms with Crippen LogP contribution in [-0.2, 0) is 23.9 Å². The summed E-state index contributed by atoms with van der Waals surface area (Å²) < 4.78 is 5.08. The Kier molecular flexibility index (Phi) is 5.35. The minimum Gasteiger partial charge on any atom is -0.454 e. The Morgan fingerprint density at radius 1 is 1.03 bits per heavy atom. The van der Waals surface area contributed by atoms with Gasteiger partial charge < -0.3 is 10.1 Å². The molecule has 0 bridgehead atoms. The van der Waals surface area contributed by atoms with Gasteiger partial charge in [-0.15, -0.1) is 0 Å². The van der Waals surface area contributed by atoms with E-state index in [9.17, 15) is 19.2 Å². The van der Waals surface area contributed by atoms with Gasteiger partial charge in [0.2, 0.25) is 11.8 Å². The van der Waals surface area contributed by atoms with Crippen LogP contribution in [0.25, 0.3) is 10.8 Å². The second kappa shape index (κ2) is 8.10. The van der Waals surface area contributed by atoms with Crippen molar-refractivity contribution in [3.05, 3.63) is 54.6 Å². The number of benzene rings is 2. The first-order valence-corrected chi connectivity index (χ1v) is 9.93. The maximum absolute atomic E-state index is 12.6. The first-order chi connectivity index (χ1) is 14.5. The molecule has 1 saturated heterocycles. The topological polar surface area (TPSA) is 92.8 Å². The third kappa shape index (κ3) is 3.70. The van der Waals surface area contributed by atoms with Gasteiger partial charge in [0.15, 0.2) is 6.61 Å². The van der Waals surface area contributed by atoms with Crippen LogP contribution in [0.4, 0.5) is 5.69 Å². The second-order valence-corrected chi connectivity index (χ2v) is 7.60. The quantitative estimate of drug-likeness (QED) is 0.468. The average molecular weight is 406 g/mol. The number of nitrogens with zero attached hydrogens (tertiary/aromatic N) is 1. The van der Waals surface area contributed by atoms with Gasteiger partial charge in [-0.1, -0.05) is 42.5 Å². The van der Waals surface area contributed by atoms with Crippen LogP contribution in [0.2, 0.25) is 0 Å². The highest BCUT2D eigenvalue weighted by atomic mass is 16.5. The fraction of sp³-hybridized carbons (Fsp3) is 0.304. The SMILES string of the molecule is C[C@@H](C(=O)OCC(=O)Nc1ccc2ccccc2c1)N1C(=O)[C@@H]2CC=CC[C@H]2C1=O. The first-order valence-electron chi connectivity index (χ1n) is 9.93. The van der Waals surface area contributed by atoms with Crippen molar-refractivity contribution in [1.29, 1.82) is 0 Å². The molecule has 1 aliphatic carbocycles. The molecule has 1 fully saturated rings. The van der Waals surface area contributed by atoms with E-state index in [0.29, 0.717) is 18.5 Å². The van der Waals surface area contributed by atoms with E-state index in [1.165, 1.54) is 6.92 Å². The lowest BCUT2D eigenvalue weighted by molar-refractivity contribution is -0.159. The maximum atomic E-state index is 12.6. The van der Waals surface area contributed by atoms with Gasteiger partial charge in [-0.3, -0.25) is 19.3 Å². The van der Waals surface area contributed by atoms with Gasteiger partial charge in [0, 0.05) is 5.69 Å². The van der Waals surface area contributed by atoms with Crippen LogP contribution >= 0.6 is 0 Å². The number of carbonyl (C=O) groups is 4. The highest BCUT2D eigenvalue weighted by Crippen LogP contribution is 2.36. The number of carbonyl (C=O) groups excluding carboxylic acids is 4. The molecular formula is C23H22N2O5. The Bertz CT molecular complexity index is 1030. The summed E-state index contributed by atoms with van der Waals surface area (Å²) in [5.41, 5.74) is 0.587. The van der Waals surface area contributed by atoms with Crippen molar-refractivity contribution >= 4 is 40.2 Å². The molecule has 7 nitrogen and oxygen atoms in total. The summed E-state index contributed by atoms with van der Waals surface area (Å²) in [6, 6.07) is 12.2. The van der Waals surface area contributed by atoms with Crippen LogP contribution in [0.3, 0.4) is 0 Å². The molecule has 1 N–H and O–H groups in total. The molecule has 2 aromatic carbocycles. The molecule has 7 heteroatoms. The molecule has 0 aromatic heterocycles. The highest BCUT2D eigenvalue weighted by molar-refractivity contribution is 6.08. The predicted molar refractivity (Wildman–Crippen MR) is 110 cm³/mol. The molecule has 0 unspecified atom stereocenters. The largest absolute Gasteiger partial charge is 0.454 e. The smallest absolute Gasteiger partial charge is 0.329 e. The lowest BCUT2D eigenvalue weighted by Crippen LogP contribution is -2.45. The Hall–Kier alpha value is -3.48. The zero-order valence-electron chi connectivity index (χ0n) is 16.5. The number of likely N-dealkylation sites (tertiary alicyclic amines) is 1. The molecule has 2 aromatic rings. The van der Waals surface area contributed by atoms with E-state index in [2.05, 4.69) is 5.32 Å². The Balaban J connectivity index is 1.34. The lowest BCUT2D eigenvalue weighted by atomic mass is 9.85. The third-order valence-corrected chi connectivity index (χ3v) is 5.65. The molecule has 30 heavy (non-hydrogen) atoms. The minimum atomic E-state index is -1.07. The van der Waals surface area contributed by atoms with Crippen molar-refractivity contribution in [3.8, 4) is 0 Å². The fourth-order valence-corrected chi connectivity index (χ4v) is 4.03. The average Bonchev–Trinajstić information content (AvgIpc) is 3.02. The monoisotopic (exact) mass is 406 g/mol. The number of esters is 1. The molecule has 154 valence electrons. The third-order valence-electron chi connectivity index (χ3n) is 5.65. The number of fused-ring (bicyclic) bond motifs is 2. The van der Waals surface area contributed by atoms with Crippen molar-refractivity contribution < 1.29 is 23.9 Å². The van der Waals surface area contributed by atoms with Crippen LogP contribution < -0.4 is 5.32 Å². The number of amides is 3. The van der Waals surface area contributed by atoms with Crippen LogP contribution in [0.15, 0.2) is 54.6 Å². The number of rotatable bonds is 5. The van der Waals surface area contributed by atoms with E-state index in [1.807, 2.05) is 48.6 Å². The first kappa shape index (κ1) is 19.8. The molecule has 4 rings (SSSR count). The summed E-state index contributed by atoms with van der Waals surface area (Å²) in [5.74, 6) is -2.79. The van der Waals surface area contributed by atoms with Crippen molar-refractivity contribution in [2.24, 2.45) is 11.8 Å². The van der Waals surface area contributed by atoms with Crippen LogP contribution in [0.1, 0.15) is 19.8 Å². The Morgan fingerprint density at radius 2 is 1.67 bits per heavy atom. The zero-order chi connectivity index (χ0) is 21.3. The summed E-state index contributed by atoms with van der Waals surface area (Å²) in [5, 5.41) is 4.71. The predicted octanol–water partition coefficient (Wildman–Crippen LogP) is 2.66. The van der Waals surface area contributed by atoms with E-state index in [0.717, 1.165) is 15.7 Å². The molecule has 2 aliphatic rings. The summed E-state index contributed by atoms with van der Waals surface area (Å²) >= 11 is 0. The summed E-state index contributed by atoms with van der Waals surface area (Å²) in [4.78, 5) is 50.7. The molecule has 0 spiro atoms. The second-order valence-electron chi connectivity index (χ2n) is 7.60. The van der Waals surface area contributed by atoms with Gasteiger partial charge in [0.1, 0.15) is 6.04 Å². The van der Waals surface area contributed by atoms with Crippen molar-refractivity contribution in [2.45, 2.75) is 25.8 Å². The number of hydrogen-bond donors (Lipinski definition) is 1. The van der Waals surface area contributed by atoms with Crippen molar-refractivity contribution in [1.82, 2.24) is 4.90 Å². The van der Waals surface area contributed by atoms with Crippen LogP contribution in [0, 0.1) is 11.8 Å². The van der Waals surface area contributed by atoms with E-state index in [4.69, 9.17) is 4.74 Å². The fourth-order valence-electron chi connectivity index (χ4n) is 4.03. The van der Waals surface area contributed by atoms with E-state index >= 15 is 0 Å². The highest BCUT2D eigenvalue weighted by Gasteiger charge is 2.50. The van der Waals surface area contributed by atoms with Gasteiger partial charge in [-0.05, 0) is 42.7 Å². The molecule has 1 heterocycles. The standard InChI is InChI=1S/C23H22N2O5/c1-14(25-21(27)18-8-4-5-9-19(18)22(25)28)23(29)30-13-20(26)24-17-11-10-15-6-2-3-7-16(15)12-17/h2-7,10-12,14,18-19H,8-9,13H2,1H3,(H,24,26)/t14-,18+,19+/m0/s1. The van der Waals surface area contributed by atoms with E-state index in [1.54, 1.807) is 6.07 Å². The number of nitrogens with one attached hydrogen (secondary N) is 1. The minimum absolute atomic E-state index is 0.348. The van der Waals surface area contributed by atoms with Gasteiger partial charge in [-0.2, -0.15) is 0 Å². The number of anilines is 1. The zero-order valence-corrected chi connectivity index (χ0v) is 16.5. The number of imide groups is 1. The Morgan fingerprint density at radius 3 is 2.33 bits per heavy atom. The van der Waals surface area contributed by atoms with E-state index < -0.39 is 36.4 Å². The molecule has 0 radical (unpaired) electrons. The molecule has 0 saturated carbocycles. The Labute approximate surface area is 173 Å². The van der Waals surface area contributed by atoms with Gasteiger partial charge in [0.25, 0.3) is 5.91 Å². The van der Waals surface area contributed by atoms with Crippen molar-refractivity contribution in [3.63, 3.8) is 0 Å². The van der Waals surface area contributed by atoms with Crippen LogP contribution in [0.5, 0.6) is 0 Å². The van der Waals surface area contributed by atoms with Gasteiger partial charge in [-0.25, -0.2) is 4.79 Å². The van der Waals surface area contributed by atoms with Crippen LogP contribution in [-0.4, -0.2) is 41.2 Å². The summed E-state index contributed by atoms with van der Waals surface area (Å²) in [7, 11) is 0. The molecule has 1 aliphatic heterocycles. The van der Waals surface area contributed by atoms with Gasteiger partial charge >= 0.3 is 5.97 Å². The van der Waals surface area contributed by atoms with E-state index in [-0.39, 0.29) is 11.8 Å². The summed E-state index contributed by atoms with van der Waals surface area (Å²) in [6.45, 7) is 0.949. The molecule has 3 atom stereocenters. The van der Waals surface area contributed by atoms with Crippen molar-refractivity contribution in [2.75, 3.05) is 11.9 Å². The lowest BCUT2D eigenvalue weighted by Gasteiger charge is -2.21. The normalized spacial score (nSPS) is 21.4.